The second-order valence-corrected chi connectivity index (χ2v) is 3.88. The van der Waals surface area contributed by atoms with Crippen LogP contribution in [-0.4, -0.2) is 19.6 Å². The standard InChI is InChI=1S/C12H11N5/c1-8-6-11-15-12(13)16-17(11)7-10(8)9-2-4-14-5-3-9/h2-7H,1H3,(H2,13,16). The Kier molecular flexibility index (Phi) is 2.04. The van der Waals surface area contributed by atoms with Crippen molar-refractivity contribution in [3.63, 3.8) is 0 Å². The van der Waals surface area contributed by atoms with Crippen molar-refractivity contribution in [3.8, 4) is 11.1 Å². The molecule has 0 aromatic carbocycles. The van der Waals surface area contributed by atoms with Crippen LogP contribution in [0.25, 0.3) is 16.8 Å². The van der Waals surface area contributed by atoms with E-state index < -0.39 is 0 Å². The molecule has 0 saturated heterocycles. The Morgan fingerprint density at radius 2 is 2.00 bits per heavy atom. The number of nitrogen functional groups attached to an aromatic ring is 1. The minimum Gasteiger partial charge on any atom is -0.366 e. The maximum Gasteiger partial charge on any atom is 0.240 e. The molecule has 3 heterocycles. The smallest absolute Gasteiger partial charge is 0.240 e. The van der Waals surface area contributed by atoms with Crippen LogP contribution >= 0.6 is 0 Å². The molecular formula is C12H11N5. The van der Waals surface area contributed by atoms with E-state index in [1.807, 2.05) is 31.3 Å². The lowest BCUT2D eigenvalue weighted by atomic mass is 10.0. The summed E-state index contributed by atoms with van der Waals surface area (Å²) in [6.07, 6.45) is 5.48. The molecule has 0 unspecified atom stereocenters. The number of aromatic nitrogens is 4. The predicted molar refractivity (Wildman–Crippen MR) is 65.4 cm³/mol. The molecule has 84 valence electrons. The number of rotatable bonds is 1. The van der Waals surface area contributed by atoms with Gasteiger partial charge in [0.15, 0.2) is 5.65 Å². The molecular weight excluding hydrogens is 214 g/mol. The van der Waals surface area contributed by atoms with E-state index in [1.165, 1.54) is 0 Å². The van der Waals surface area contributed by atoms with Crippen LogP contribution < -0.4 is 5.73 Å². The number of pyridine rings is 2. The van der Waals surface area contributed by atoms with Gasteiger partial charge in [-0.1, -0.05) is 0 Å². The Hall–Kier alpha value is -2.43. The predicted octanol–water partition coefficient (Wildman–Crippen LogP) is 1.68. The average molecular weight is 225 g/mol. The van der Waals surface area contributed by atoms with Gasteiger partial charge in [-0.15, -0.1) is 5.10 Å². The Morgan fingerprint density at radius 1 is 1.24 bits per heavy atom. The molecule has 0 spiro atoms. The lowest BCUT2D eigenvalue weighted by Gasteiger charge is -2.05. The van der Waals surface area contributed by atoms with Crippen molar-refractivity contribution in [2.75, 3.05) is 5.73 Å². The van der Waals surface area contributed by atoms with Gasteiger partial charge in [0.05, 0.1) is 0 Å². The molecule has 17 heavy (non-hydrogen) atoms. The Bertz CT molecular complexity index is 672. The van der Waals surface area contributed by atoms with E-state index >= 15 is 0 Å². The van der Waals surface area contributed by atoms with Gasteiger partial charge in [-0.25, -0.2) is 4.52 Å². The summed E-state index contributed by atoms with van der Waals surface area (Å²) in [6, 6.07) is 5.90. The monoisotopic (exact) mass is 225 g/mol. The highest BCUT2D eigenvalue weighted by Crippen LogP contribution is 2.23. The maximum atomic E-state index is 5.58. The first-order chi connectivity index (χ1) is 8.24. The highest BCUT2D eigenvalue weighted by Gasteiger charge is 2.06. The third kappa shape index (κ3) is 1.61. The molecule has 0 aliphatic carbocycles. The summed E-state index contributed by atoms with van der Waals surface area (Å²) < 4.78 is 1.69. The summed E-state index contributed by atoms with van der Waals surface area (Å²) in [7, 11) is 0. The summed E-state index contributed by atoms with van der Waals surface area (Å²) in [6.45, 7) is 2.04. The Morgan fingerprint density at radius 3 is 2.76 bits per heavy atom. The van der Waals surface area contributed by atoms with Crippen molar-refractivity contribution < 1.29 is 0 Å². The molecule has 0 bridgehead atoms. The molecule has 3 aromatic heterocycles. The Balaban J connectivity index is 2.26. The molecule has 0 atom stereocenters. The van der Waals surface area contributed by atoms with Crippen molar-refractivity contribution in [2.24, 2.45) is 0 Å². The average Bonchev–Trinajstić information content (AvgIpc) is 2.68. The van der Waals surface area contributed by atoms with Crippen molar-refractivity contribution in [1.82, 2.24) is 19.6 Å². The van der Waals surface area contributed by atoms with E-state index in [2.05, 4.69) is 15.1 Å². The zero-order valence-corrected chi connectivity index (χ0v) is 9.33. The summed E-state index contributed by atoms with van der Waals surface area (Å²) in [5, 5.41) is 4.11. The number of fused-ring (bicyclic) bond motifs is 1. The molecule has 3 aromatic rings. The third-order valence-electron chi connectivity index (χ3n) is 2.69. The van der Waals surface area contributed by atoms with E-state index in [0.29, 0.717) is 0 Å². The van der Waals surface area contributed by atoms with Crippen LogP contribution in [0.5, 0.6) is 0 Å². The molecule has 0 radical (unpaired) electrons. The van der Waals surface area contributed by atoms with Crippen LogP contribution in [0.4, 0.5) is 5.95 Å². The van der Waals surface area contributed by atoms with Gasteiger partial charge in [-0.05, 0) is 36.2 Å². The van der Waals surface area contributed by atoms with Gasteiger partial charge in [0.1, 0.15) is 0 Å². The van der Waals surface area contributed by atoms with Crippen LogP contribution in [0.1, 0.15) is 5.56 Å². The summed E-state index contributed by atoms with van der Waals surface area (Å²) >= 11 is 0. The second kappa shape index (κ2) is 3.55. The van der Waals surface area contributed by atoms with Gasteiger partial charge in [0, 0.05) is 24.2 Å². The number of anilines is 1. The van der Waals surface area contributed by atoms with Crippen LogP contribution in [0.15, 0.2) is 36.8 Å². The number of hydrogen-bond donors (Lipinski definition) is 1. The van der Waals surface area contributed by atoms with Gasteiger partial charge in [0.25, 0.3) is 0 Å². The third-order valence-corrected chi connectivity index (χ3v) is 2.69. The lowest BCUT2D eigenvalue weighted by molar-refractivity contribution is 0.966. The summed E-state index contributed by atoms with van der Waals surface area (Å²) in [5.41, 5.74) is 9.68. The van der Waals surface area contributed by atoms with Gasteiger partial charge in [-0.2, -0.15) is 4.98 Å². The summed E-state index contributed by atoms with van der Waals surface area (Å²) in [4.78, 5) is 8.14. The highest BCUT2D eigenvalue weighted by atomic mass is 15.3. The van der Waals surface area contributed by atoms with Crippen molar-refractivity contribution >= 4 is 11.6 Å². The Labute approximate surface area is 97.9 Å². The fraction of sp³-hybridized carbons (Fsp3) is 0.0833. The first-order valence-corrected chi connectivity index (χ1v) is 5.27. The van der Waals surface area contributed by atoms with E-state index in [9.17, 15) is 0 Å². The van der Waals surface area contributed by atoms with Crippen molar-refractivity contribution in [1.29, 1.82) is 0 Å². The molecule has 3 rings (SSSR count). The fourth-order valence-corrected chi connectivity index (χ4v) is 1.88. The second-order valence-electron chi connectivity index (χ2n) is 3.88. The van der Waals surface area contributed by atoms with Gasteiger partial charge < -0.3 is 5.73 Å². The molecule has 2 N–H and O–H groups in total. The molecule has 0 saturated carbocycles. The minimum absolute atomic E-state index is 0.288. The first kappa shape index (κ1) is 9.77. The van der Waals surface area contributed by atoms with Crippen molar-refractivity contribution in [2.45, 2.75) is 6.92 Å². The molecule has 0 aliphatic heterocycles. The molecule has 5 heteroatoms. The maximum absolute atomic E-state index is 5.58. The first-order valence-electron chi connectivity index (χ1n) is 5.27. The van der Waals surface area contributed by atoms with E-state index in [-0.39, 0.29) is 5.95 Å². The summed E-state index contributed by atoms with van der Waals surface area (Å²) in [5.74, 6) is 0.288. The minimum atomic E-state index is 0.288. The van der Waals surface area contributed by atoms with Crippen molar-refractivity contribution in [3.05, 3.63) is 42.4 Å². The normalized spacial score (nSPS) is 10.9. The quantitative estimate of drug-likeness (QED) is 0.684. The zero-order valence-electron chi connectivity index (χ0n) is 9.33. The van der Waals surface area contributed by atoms with E-state index in [4.69, 9.17) is 5.73 Å². The van der Waals surface area contributed by atoms with Crippen LogP contribution in [0, 0.1) is 6.92 Å². The van der Waals surface area contributed by atoms with Crippen LogP contribution in [0.2, 0.25) is 0 Å². The lowest BCUT2D eigenvalue weighted by Crippen LogP contribution is -1.93. The van der Waals surface area contributed by atoms with E-state index in [0.717, 1.165) is 22.3 Å². The largest absolute Gasteiger partial charge is 0.366 e. The number of aryl methyl sites for hydroxylation is 1. The van der Waals surface area contributed by atoms with Gasteiger partial charge in [-0.3, -0.25) is 4.98 Å². The number of nitrogens with zero attached hydrogens (tertiary/aromatic N) is 4. The fourth-order valence-electron chi connectivity index (χ4n) is 1.88. The van der Waals surface area contributed by atoms with Crippen LogP contribution in [-0.2, 0) is 0 Å². The highest BCUT2D eigenvalue weighted by molar-refractivity contribution is 5.68. The number of nitrogens with two attached hydrogens (primary N) is 1. The molecule has 5 nitrogen and oxygen atoms in total. The van der Waals surface area contributed by atoms with E-state index in [1.54, 1.807) is 16.9 Å². The molecule has 0 amide bonds. The zero-order chi connectivity index (χ0) is 11.8. The SMILES string of the molecule is Cc1cc2nc(N)nn2cc1-c1ccncc1. The topological polar surface area (TPSA) is 69.1 Å². The van der Waals surface area contributed by atoms with Gasteiger partial charge >= 0.3 is 0 Å². The number of hydrogen-bond acceptors (Lipinski definition) is 4. The van der Waals surface area contributed by atoms with Gasteiger partial charge in [0.2, 0.25) is 5.95 Å². The van der Waals surface area contributed by atoms with Crippen LogP contribution in [0.3, 0.4) is 0 Å². The molecule has 0 fully saturated rings. The molecule has 0 aliphatic rings.